The molecular formula is C13H13F3N4. The number of nitrogens with zero attached hydrogens (tertiary/aromatic N) is 2. The first-order chi connectivity index (χ1) is 9.51. The summed E-state index contributed by atoms with van der Waals surface area (Å²) in [5.41, 5.74) is 0.464. The minimum absolute atomic E-state index is 0.190. The summed E-state index contributed by atoms with van der Waals surface area (Å²) in [5, 5.41) is 5.53. The fourth-order valence-electron chi connectivity index (χ4n) is 1.63. The van der Waals surface area contributed by atoms with Crippen LogP contribution < -0.4 is 10.6 Å². The van der Waals surface area contributed by atoms with Crippen LogP contribution in [-0.2, 0) is 0 Å². The third-order valence-electron chi connectivity index (χ3n) is 2.49. The summed E-state index contributed by atoms with van der Waals surface area (Å²) in [5.74, 6) is -3.38. The molecule has 1 heterocycles. The van der Waals surface area contributed by atoms with Crippen molar-refractivity contribution in [1.29, 1.82) is 0 Å². The zero-order valence-electron chi connectivity index (χ0n) is 11.0. The van der Waals surface area contributed by atoms with Crippen molar-refractivity contribution >= 4 is 17.5 Å². The van der Waals surface area contributed by atoms with Gasteiger partial charge in [0.05, 0.1) is 5.69 Å². The van der Waals surface area contributed by atoms with Gasteiger partial charge in [0.25, 0.3) is 0 Å². The molecule has 0 amide bonds. The molecule has 0 saturated heterocycles. The lowest BCUT2D eigenvalue weighted by Crippen LogP contribution is -2.06. The molecule has 0 spiro atoms. The number of rotatable bonds is 4. The zero-order valence-corrected chi connectivity index (χ0v) is 11.0. The smallest absolute Gasteiger partial charge is 0.224 e. The Morgan fingerprint density at radius 1 is 1.10 bits per heavy atom. The summed E-state index contributed by atoms with van der Waals surface area (Å²) >= 11 is 0. The van der Waals surface area contributed by atoms with E-state index in [1.807, 2.05) is 6.92 Å². The molecule has 2 N–H and O–H groups in total. The predicted octanol–water partition coefficient (Wildman–Crippen LogP) is 3.38. The Morgan fingerprint density at radius 2 is 1.85 bits per heavy atom. The van der Waals surface area contributed by atoms with Gasteiger partial charge in [0.1, 0.15) is 5.82 Å². The Bertz CT molecular complexity index is 631. The van der Waals surface area contributed by atoms with Crippen molar-refractivity contribution in [1.82, 2.24) is 9.97 Å². The minimum atomic E-state index is -1.52. The molecule has 0 unspecified atom stereocenters. The molecule has 0 aliphatic heterocycles. The number of nitrogens with one attached hydrogen (secondary N) is 2. The van der Waals surface area contributed by atoms with E-state index in [2.05, 4.69) is 20.6 Å². The van der Waals surface area contributed by atoms with Crippen molar-refractivity contribution in [2.75, 3.05) is 17.2 Å². The molecule has 106 valence electrons. The molecule has 0 atom stereocenters. The molecule has 20 heavy (non-hydrogen) atoms. The summed E-state index contributed by atoms with van der Waals surface area (Å²) in [4.78, 5) is 8.22. The number of hydrogen-bond acceptors (Lipinski definition) is 4. The van der Waals surface area contributed by atoms with Crippen LogP contribution >= 0.6 is 0 Å². The molecule has 1 aromatic heterocycles. The van der Waals surface area contributed by atoms with E-state index in [0.717, 1.165) is 12.1 Å². The highest BCUT2D eigenvalue weighted by atomic mass is 19.2. The van der Waals surface area contributed by atoms with Crippen LogP contribution in [0.3, 0.4) is 0 Å². The number of benzene rings is 1. The van der Waals surface area contributed by atoms with Crippen LogP contribution in [0.1, 0.15) is 12.6 Å². The summed E-state index contributed by atoms with van der Waals surface area (Å²) < 4.78 is 39.5. The van der Waals surface area contributed by atoms with Crippen LogP contribution in [0.15, 0.2) is 18.2 Å². The molecule has 0 aliphatic carbocycles. The lowest BCUT2D eigenvalue weighted by atomic mass is 10.2. The number of anilines is 3. The first kappa shape index (κ1) is 14.1. The lowest BCUT2D eigenvalue weighted by Gasteiger charge is -2.10. The highest BCUT2D eigenvalue weighted by molar-refractivity contribution is 5.58. The fourth-order valence-corrected chi connectivity index (χ4v) is 1.63. The van der Waals surface area contributed by atoms with Crippen molar-refractivity contribution in [3.63, 3.8) is 0 Å². The van der Waals surface area contributed by atoms with E-state index in [1.54, 1.807) is 13.0 Å². The van der Waals surface area contributed by atoms with Crippen molar-refractivity contribution in [2.24, 2.45) is 0 Å². The fraction of sp³-hybridized carbons (Fsp3) is 0.231. The maximum atomic E-state index is 13.6. The highest BCUT2D eigenvalue weighted by Gasteiger charge is 2.14. The molecule has 2 aromatic rings. The topological polar surface area (TPSA) is 49.8 Å². The van der Waals surface area contributed by atoms with Gasteiger partial charge in [-0.3, -0.25) is 0 Å². The maximum Gasteiger partial charge on any atom is 0.224 e. The van der Waals surface area contributed by atoms with Gasteiger partial charge in [0.15, 0.2) is 17.5 Å². The molecule has 0 radical (unpaired) electrons. The van der Waals surface area contributed by atoms with Crippen LogP contribution in [-0.4, -0.2) is 16.5 Å². The van der Waals surface area contributed by atoms with Crippen LogP contribution in [0.4, 0.5) is 30.6 Å². The monoisotopic (exact) mass is 282 g/mol. The molecule has 1 aromatic carbocycles. The second-order valence-electron chi connectivity index (χ2n) is 4.10. The van der Waals surface area contributed by atoms with Gasteiger partial charge in [-0.25, -0.2) is 18.2 Å². The Hall–Kier alpha value is -2.31. The van der Waals surface area contributed by atoms with Gasteiger partial charge < -0.3 is 10.6 Å². The second-order valence-corrected chi connectivity index (χ2v) is 4.10. The van der Waals surface area contributed by atoms with E-state index in [4.69, 9.17) is 0 Å². The number of hydrogen-bond donors (Lipinski definition) is 2. The van der Waals surface area contributed by atoms with Crippen LogP contribution in [0.2, 0.25) is 0 Å². The molecule has 0 fully saturated rings. The number of halogens is 3. The molecule has 0 aliphatic rings. The van der Waals surface area contributed by atoms with Gasteiger partial charge in [-0.15, -0.1) is 0 Å². The average molecular weight is 282 g/mol. The standard InChI is InChI=1S/C13H13F3N4/c1-3-17-13-18-7(2)6-10(20-13)19-9-5-4-8(14)11(15)12(9)16/h4-6H,3H2,1-2H3,(H2,17,18,19,20). The van der Waals surface area contributed by atoms with Gasteiger partial charge >= 0.3 is 0 Å². The van der Waals surface area contributed by atoms with Gasteiger partial charge in [-0.2, -0.15) is 4.98 Å². The van der Waals surface area contributed by atoms with Crippen LogP contribution in [0.5, 0.6) is 0 Å². The molecule has 7 heteroatoms. The van der Waals surface area contributed by atoms with E-state index in [0.29, 0.717) is 24.0 Å². The van der Waals surface area contributed by atoms with Crippen LogP contribution in [0.25, 0.3) is 0 Å². The van der Waals surface area contributed by atoms with E-state index < -0.39 is 17.5 Å². The first-order valence-electron chi connectivity index (χ1n) is 6.01. The average Bonchev–Trinajstić information content (AvgIpc) is 2.39. The van der Waals surface area contributed by atoms with Crippen molar-refractivity contribution in [3.05, 3.63) is 41.3 Å². The lowest BCUT2D eigenvalue weighted by molar-refractivity contribution is 0.449. The quantitative estimate of drug-likeness (QED) is 0.844. The molecule has 0 bridgehead atoms. The third-order valence-corrected chi connectivity index (χ3v) is 2.49. The Labute approximate surface area is 114 Å². The van der Waals surface area contributed by atoms with Gasteiger partial charge in [-0.05, 0) is 26.0 Å². The summed E-state index contributed by atoms with van der Waals surface area (Å²) in [7, 11) is 0. The minimum Gasteiger partial charge on any atom is -0.354 e. The van der Waals surface area contributed by atoms with Gasteiger partial charge in [-0.1, -0.05) is 0 Å². The van der Waals surface area contributed by atoms with E-state index in [-0.39, 0.29) is 5.69 Å². The highest BCUT2D eigenvalue weighted by Crippen LogP contribution is 2.23. The normalized spacial score (nSPS) is 10.4. The number of aromatic nitrogens is 2. The number of aryl methyl sites for hydroxylation is 1. The first-order valence-corrected chi connectivity index (χ1v) is 6.01. The van der Waals surface area contributed by atoms with E-state index in [1.165, 1.54) is 0 Å². The van der Waals surface area contributed by atoms with Crippen molar-refractivity contribution in [2.45, 2.75) is 13.8 Å². The van der Waals surface area contributed by atoms with Crippen molar-refractivity contribution in [3.8, 4) is 0 Å². The molecule has 0 saturated carbocycles. The van der Waals surface area contributed by atoms with Gasteiger partial charge in [0, 0.05) is 18.3 Å². The Balaban J connectivity index is 2.32. The molecule has 4 nitrogen and oxygen atoms in total. The van der Waals surface area contributed by atoms with Crippen LogP contribution in [0, 0.1) is 24.4 Å². The molecular weight excluding hydrogens is 269 g/mol. The Kier molecular flexibility index (Phi) is 4.07. The summed E-state index contributed by atoms with van der Waals surface area (Å²) in [6.45, 7) is 4.26. The summed E-state index contributed by atoms with van der Waals surface area (Å²) in [6.07, 6.45) is 0. The van der Waals surface area contributed by atoms with E-state index in [9.17, 15) is 13.2 Å². The molecule has 2 rings (SSSR count). The third kappa shape index (κ3) is 2.98. The zero-order chi connectivity index (χ0) is 14.7. The Morgan fingerprint density at radius 3 is 2.55 bits per heavy atom. The van der Waals surface area contributed by atoms with Crippen molar-refractivity contribution < 1.29 is 13.2 Å². The SMILES string of the molecule is CCNc1nc(C)cc(Nc2ccc(F)c(F)c2F)n1. The predicted molar refractivity (Wildman–Crippen MR) is 70.5 cm³/mol. The van der Waals surface area contributed by atoms with Gasteiger partial charge in [0.2, 0.25) is 5.95 Å². The largest absolute Gasteiger partial charge is 0.354 e. The summed E-state index contributed by atoms with van der Waals surface area (Å²) in [6, 6.07) is 3.53. The van der Waals surface area contributed by atoms with E-state index >= 15 is 0 Å². The second kappa shape index (κ2) is 5.77. The maximum absolute atomic E-state index is 13.6.